The molecule has 0 aromatic carbocycles. The van der Waals surface area contributed by atoms with Gasteiger partial charge in [0.25, 0.3) is 0 Å². The van der Waals surface area contributed by atoms with E-state index in [0.29, 0.717) is 5.92 Å². The Balaban J connectivity index is 1.48. The van der Waals surface area contributed by atoms with Crippen LogP contribution in [-0.4, -0.2) is 57.5 Å². The van der Waals surface area contributed by atoms with Gasteiger partial charge in [-0.2, -0.15) is 0 Å². The summed E-state index contributed by atoms with van der Waals surface area (Å²) in [7, 11) is 4.34. The Hall–Kier alpha value is -0.650. The predicted molar refractivity (Wildman–Crippen MR) is 89.5 cm³/mol. The van der Waals surface area contributed by atoms with E-state index in [4.69, 9.17) is 9.47 Å². The fourth-order valence-corrected chi connectivity index (χ4v) is 6.19. The van der Waals surface area contributed by atoms with Crippen LogP contribution >= 0.6 is 0 Å². The quantitative estimate of drug-likeness (QED) is 0.393. The summed E-state index contributed by atoms with van der Waals surface area (Å²) >= 11 is 0. The third-order valence-corrected chi connectivity index (χ3v) is 7.46. The highest BCUT2D eigenvalue weighted by atomic mass is 16.6. The van der Waals surface area contributed by atoms with Crippen LogP contribution in [0.2, 0.25) is 0 Å². The number of carbonyl (C=O) groups is 1. The van der Waals surface area contributed by atoms with Crippen molar-refractivity contribution in [2.45, 2.75) is 57.3 Å². The van der Waals surface area contributed by atoms with Gasteiger partial charge in [0.1, 0.15) is 30.7 Å². The number of carbonyl (C=O) groups excluding carboxylic acids is 1. The first-order valence-electron chi connectivity index (χ1n) is 9.88. The molecule has 0 unspecified atom stereocenters. The zero-order valence-electron chi connectivity index (χ0n) is 15.6. The van der Waals surface area contributed by atoms with E-state index in [2.05, 4.69) is 33.3 Å². The average molecular weight is 338 g/mol. The van der Waals surface area contributed by atoms with Gasteiger partial charge in [-0.25, -0.2) is 0 Å². The molecule has 2 saturated heterocycles. The monoisotopic (exact) mass is 338 g/mol. The number of likely N-dealkylation sites (N-methyl/N-ethyl adjacent to an activating group) is 1. The van der Waals surface area contributed by atoms with Crippen molar-refractivity contribution in [3.05, 3.63) is 0 Å². The molecule has 0 radical (unpaired) electrons. The molecule has 4 rings (SSSR count). The first-order chi connectivity index (χ1) is 11.4. The number of hydrogen-bond acceptors (Lipinski definition) is 3. The van der Waals surface area contributed by atoms with Crippen LogP contribution in [0.5, 0.6) is 0 Å². The van der Waals surface area contributed by atoms with Gasteiger partial charge in [0.15, 0.2) is 0 Å². The second kappa shape index (κ2) is 5.68. The van der Waals surface area contributed by atoms with Crippen LogP contribution in [0.25, 0.3) is 0 Å². The molecule has 0 bridgehead atoms. The minimum absolute atomic E-state index is 0.0233. The maximum absolute atomic E-state index is 12.5. The Morgan fingerprint density at radius 2 is 2.17 bits per heavy atom. The topological polar surface area (TPSA) is 59.9 Å². The van der Waals surface area contributed by atoms with Crippen molar-refractivity contribution in [2.24, 2.45) is 23.2 Å². The van der Waals surface area contributed by atoms with Gasteiger partial charge in [-0.15, -0.1) is 0 Å². The molecule has 4 aliphatic rings. The molecule has 136 valence electrons. The van der Waals surface area contributed by atoms with Gasteiger partial charge in [-0.3, -0.25) is 4.79 Å². The molecule has 0 aromatic heterocycles. The molecule has 7 atom stereocenters. The van der Waals surface area contributed by atoms with Gasteiger partial charge >= 0.3 is 5.97 Å². The number of fused-ring (bicyclic) bond motifs is 2. The summed E-state index contributed by atoms with van der Waals surface area (Å²) in [5.41, 5.74) is 0.232. The van der Waals surface area contributed by atoms with E-state index in [1.165, 1.54) is 24.2 Å². The van der Waals surface area contributed by atoms with Crippen LogP contribution in [0.3, 0.4) is 0 Å². The number of quaternary nitrogens is 2. The highest BCUT2D eigenvalue weighted by molar-refractivity contribution is 5.76. The van der Waals surface area contributed by atoms with Gasteiger partial charge in [0, 0.05) is 11.3 Å². The molecule has 3 N–H and O–H groups in total. The van der Waals surface area contributed by atoms with Crippen molar-refractivity contribution < 1.29 is 24.5 Å². The van der Waals surface area contributed by atoms with Crippen molar-refractivity contribution >= 4 is 5.97 Å². The van der Waals surface area contributed by atoms with E-state index in [0.717, 1.165) is 26.1 Å². The third kappa shape index (κ3) is 2.27. The standard InChI is InChI=1S/C19H32N2O3/c1-12-6-5-7-18(2)10-14-15(16-19(12,18)24-16)13(17(22)23-14)11-20-8-9-21(3)4/h12-16,20H,5-11H2,1-4H3/p+2/t12-,13+,14+,15+,16-,18+,19-/m0/s1. The van der Waals surface area contributed by atoms with Gasteiger partial charge in [-0.05, 0) is 25.2 Å². The van der Waals surface area contributed by atoms with Crippen molar-refractivity contribution in [3.63, 3.8) is 0 Å². The van der Waals surface area contributed by atoms with E-state index < -0.39 is 0 Å². The number of esters is 1. The van der Waals surface area contributed by atoms with Gasteiger partial charge in [0.05, 0.1) is 26.7 Å². The maximum atomic E-state index is 12.5. The first-order valence-corrected chi connectivity index (χ1v) is 9.88. The molecule has 2 heterocycles. The highest BCUT2D eigenvalue weighted by Gasteiger charge is 2.78. The molecule has 1 spiro atoms. The van der Waals surface area contributed by atoms with Gasteiger partial charge < -0.3 is 19.7 Å². The number of ether oxygens (including phenoxy) is 2. The zero-order valence-corrected chi connectivity index (χ0v) is 15.6. The van der Waals surface area contributed by atoms with E-state index in [1.807, 2.05) is 0 Å². The van der Waals surface area contributed by atoms with Crippen molar-refractivity contribution in [1.29, 1.82) is 0 Å². The van der Waals surface area contributed by atoms with Crippen LogP contribution < -0.4 is 10.2 Å². The molecule has 0 amide bonds. The van der Waals surface area contributed by atoms with Crippen LogP contribution in [0.15, 0.2) is 0 Å². The molecule has 2 aliphatic carbocycles. The number of epoxide rings is 1. The largest absolute Gasteiger partial charge is 0.462 e. The summed E-state index contributed by atoms with van der Waals surface area (Å²) in [5, 5.41) is 2.30. The summed E-state index contributed by atoms with van der Waals surface area (Å²) in [6.07, 6.45) is 5.11. The Morgan fingerprint density at radius 3 is 2.92 bits per heavy atom. The van der Waals surface area contributed by atoms with Crippen LogP contribution in [0.1, 0.15) is 39.5 Å². The second-order valence-corrected chi connectivity index (χ2v) is 9.32. The minimum atomic E-state index is 0.0233. The molecular formula is C19H34N2O3+2. The molecule has 2 aliphatic heterocycles. The Morgan fingerprint density at radius 1 is 1.38 bits per heavy atom. The average Bonchev–Trinajstić information content (AvgIpc) is 3.18. The fraction of sp³-hybridized carbons (Fsp3) is 0.947. The lowest BCUT2D eigenvalue weighted by atomic mass is 9.53. The minimum Gasteiger partial charge on any atom is -0.462 e. The lowest BCUT2D eigenvalue weighted by molar-refractivity contribution is -0.874. The molecular weight excluding hydrogens is 304 g/mol. The highest BCUT2D eigenvalue weighted by Crippen LogP contribution is 2.70. The van der Waals surface area contributed by atoms with Crippen LogP contribution in [-0.2, 0) is 14.3 Å². The van der Waals surface area contributed by atoms with E-state index in [9.17, 15) is 4.79 Å². The first kappa shape index (κ1) is 16.8. The van der Waals surface area contributed by atoms with Crippen LogP contribution in [0, 0.1) is 23.2 Å². The molecule has 2 saturated carbocycles. The van der Waals surface area contributed by atoms with Crippen molar-refractivity contribution in [2.75, 3.05) is 33.7 Å². The fourth-order valence-electron chi connectivity index (χ4n) is 6.19. The summed E-state index contributed by atoms with van der Waals surface area (Å²) < 4.78 is 12.3. The molecule has 4 fully saturated rings. The summed E-state index contributed by atoms with van der Waals surface area (Å²) in [4.78, 5) is 14.0. The molecule has 24 heavy (non-hydrogen) atoms. The number of rotatable bonds is 5. The van der Waals surface area contributed by atoms with E-state index in [1.54, 1.807) is 0 Å². The Kier molecular flexibility index (Phi) is 3.98. The molecule has 5 nitrogen and oxygen atoms in total. The second-order valence-electron chi connectivity index (χ2n) is 9.32. The molecule has 0 aromatic rings. The zero-order chi connectivity index (χ0) is 17.1. The third-order valence-electron chi connectivity index (χ3n) is 7.46. The van der Waals surface area contributed by atoms with Crippen molar-refractivity contribution in [3.8, 4) is 0 Å². The lowest BCUT2D eigenvalue weighted by Gasteiger charge is -2.48. The van der Waals surface area contributed by atoms with E-state index in [-0.39, 0.29) is 41.0 Å². The Bertz CT molecular complexity index is 525. The van der Waals surface area contributed by atoms with E-state index >= 15 is 0 Å². The Labute approximate surface area is 145 Å². The number of nitrogens with two attached hydrogens (primary N) is 1. The number of nitrogens with one attached hydrogen (secondary N) is 1. The van der Waals surface area contributed by atoms with Crippen LogP contribution in [0.4, 0.5) is 0 Å². The summed E-state index contributed by atoms with van der Waals surface area (Å²) in [6.45, 7) is 7.78. The van der Waals surface area contributed by atoms with Gasteiger partial charge in [-0.1, -0.05) is 20.3 Å². The smallest absolute Gasteiger partial charge is 0.315 e. The molecule has 5 heteroatoms. The lowest BCUT2D eigenvalue weighted by Crippen LogP contribution is -3.09. The van der Waals surface area contributed by atoms with Crippen molar-refractivity contribution in [1.82, 2.24) is 0 Å². The SMILES string of the molecule is C[C@H]1CCC[C@]2(C)C[C@H]3OC(=O)[C@H](C[NH2+]CC[NH+](C)C)[C@H]3[C@@H]3O[C@@]132. The normalized spacial score (nSPS) is 49.4. The summed E-state index contributed by atoms with van der Waals surface area (Å²) in [6, 6.07) is 0. The predicted octanol–water partition coefficient (Wildman–Crippen LogP) is -0.780. The maximum Gasteiger partial charge on any atom is 0.315 e. The summed E-state index contributed by atoms with van der Waals surface area (Å²) in [5.74, 6) is 0.947. The number of hydrogen-bond donors (Lipinski definition) is 2. The van der Waals surface area contributed by atoms with Gasteiger partial charge in [0.2, 0.25) is 0 Å².